The second-order valence-corrected chi connectivity index (χ2v) is 11.7. The first kappa shape index (κ1) is 19.5. The average molecular weight is 416 g/mol. The minimum absolute atomic E-state index is 0.244. The van der Waals surface area contributed by atoms with Crippen molar-refractivity contribution in [2.75, 3.05) is 39.4 Å². The van der Waals surface area contributed by atoms with E-state index in [2.05, 4.69) is 11.0 Å². The largest absolute Gasteiger partial charge is 0.380 e. The summed E-state index contributed by atoms with van der Waals surface area (Å²) in [6.07, 6.45) is 5.56. The van der Waals surface area contributed by atoms with E-state index in [0.717, 1.165) is 31.6 Å². The lowest BCUT2D eigenvalue weighted by Crippen LogP contribution is -2.67. The molecule has 156 valence electrons. The van der Waals surface area contributed by atoms with E-state index in [9.17, 15) is 13.7 Å². The number of hydrogen-bond acceptors (Lipinski definition) is 5. The first-order valence-electron chi connectivity index (χ1n) is 10.7. The highest BCUT2D eigenvalue weighted by atomic mass is 32.2. The highest BCUT2D eigenvalue weighted by Gasteiger charge is 2.53. The molecule has 0 N–H and O–H groups in total. The van der Waals surface area contributed by atoms with Crippen LogP contribution in [0.2, 0.25) is 0 Å². The minimum atomic E-state index is -3.53. The maximum absolute atomic E-state index is 13.1. The summed E-state index contributed by atoms with van der Waals surface area (Å²) < 4.78 is 33.2. The smallest absolute Gasteiger partial charge is 0.243 e. The number of nitrogens with zero attached hydrogens (tertiary/aromatic N) is 3. The first-order valence-corrected chi connectivity index (χ1v) is 12.1. The van der Waals surface area contributed by atoms with Gasteiger partial charge in [0.1, 0.15) is 0 Å². The zero-order valence-corrected chi connectivity index (χ0v) is 17.9. The van der Waals surface area contributed by atoms with Crippen LogP contribution in [0.5, 0.6) is 0 Å². The van der Waals surface area contributed by atoms with E-state index in [1.807, 2.05) is 6.92 Å². The van der Waals surface area contributed by atoms with Crippen LogP contribution in [0, 0.1) is 29.1 Å². The molecule has 1 saturated carbocycles. The summed E-state index contributed by atoms with van der Waals surface area (Å²) in [7, 11) is -3.53. The van der Waals surface area contributed by atoms with Crippen LogP contribution in [0.3, 0.4) is 0 Å². The van der Waals surface area contributed by atoms with Gasteiger partial charge >= 0.3 is 0 Å². The third-order valence-electron chi connectivity index (χ3n) is 7.84. The summed E-state index contributed by atoms with van der Waals surface area (Å²) in [5, 5.41) is 9.24. The Morgan fingerprint density at radius 3 is 2.48 bits per heavy atom. The van der Waals surface area contributed by atoms with E-state index in [1.165, 1.54) is 38.4 Å². The zero-order chi connectivity index (χ0) is 20.3. The molecule has 6 nitrogen and oxygen atoms in total. The number of hydrogen-bond donors (Lipinski definition) is 0. The number of piperidine rings is 1. The van der Waals surface area contributed by atoms with Crippen LogP contribution in [0.25, 0.3) is 0 Å². The van der Waals surface area contributed by atoms with Gasteiger partial charge in [-0.1, -0.05) is 6.07 Å². The molecule has 7 heteroatoms. The van der Waals surface area contributed by atoms with E-state index in [4.69, 9.17) is 4.74 Å². The fourth-order valence-corrected chi connectivity index (χ4v) is 7.29. The van der Waals surface area contributed by atoms with Crippen LogP contribution in [0.1, 0.15) is 43.2 Å². The van der Waals surface area contributed by atoms with Gasteiger partial charge in [0.15, 0.2) is 0 Å². The van der Waals surface area contributed by atoms with Gasteiger partial charge < -0.3 is 4.74 Å². The highest BCUT2D eigenvalue weighted by molar-refractivity contribution is 7.89. The monoisotopic (exact) mass is 415 g/mol. The molecular formula is C22H29N3O3S. The van der Waals surface area contributed by atoms with Gasteiger partial charge in [-0.15, -0.1) is 0 Å². The topological polar surface area (TPSA) is 73.6 Å². The van der Waals surface area contributed by atoms with Crippen LogP contribution < -0.4 is 0 Å². The number of aryl methyl sites for hydroxylation is 1. The molecule has 4 fully saturated rings. The fraction of sp³-hybridized carbons (Fsp3) is 0.682. The summed E-state index contributed by atoms with van der Waals surface area (Å²) in [6, 6.07) is 7.64. The second-order valence-electron chi connectivity index (χ2n) is 9.79. The third-order valence-corrected chi connectivity index (χ3v) is 9.73. The molecule has 0 radical (unpaired) electrons. The molecule has 1 aliphatic carbocycles. The van der Waals surface area contributed by atoms with Crippen LogP contribution in [-0.2, 0) is 14.8 Å². The molecule has 0 amide bonds. The molecule has 3 aliphatic heterocycles. The molecule has 3 saturated heterocycles. The Bertz CT molecular complexity index is 948. The number of nitriles is 1. The Labute approximate surface area is 173 Å². The lowest BCUT2D eigenvalue weighted by molar-refractivity contribution is -0.198. The van der Waals surface area contributed by atoms with Crippen molar-refractivity contribution in [1.29, 1.82) is 5.26 Å². The van der Waals surface area contributed by atoms with Crippen molar-refractivity contribution in [3.8, 4) is 6.07 Å². The van der Waals surface area contributed by atoms with Gasteiger partial charge in [-0.3, -0.25) is 4.90 Å². The Balaban J connectivity index is 1.22. The van der Waals surface area contributed by atoms with Gasteiger partial charge in [-0.2, -0.15) is 9.57 Å². The van der Waals surface area contributed by atoms with E-state index >= 15 is 0 Å². The molecule has 0 aromatic heterocycles. The first-order chi connectivity index (χ1) is 13.8. The third kappa shape index (κ3) is 3.21. The number of ether oxygens (including phenoxy) is 1. The van der Waals surface area contributed by atoms with Crippen molar-refractivity contribution in [2.45, 2.75) is 50.0 Å². The molecule has 4 aliphatic rings. The van der Waals surface area contributed by atoms with E-state index < -0.39 is 10.0 Å². The van der Waals surface area contributed by atoms with Crippen LogP contribution in [0.15, 0.2) is 23.1 Å². The molecule has 1 aromatic rings. The van der Waals surface area contributed by atoms with Crippen molar-refractivity contribution in [1.82, 2.24) is 9.21 Å². The fourth-order valence-electron chi connectivity index (χ4n) is 5.82. The molecule has 1 aromatic carbocycles. The Hall–Kier alpha value is -1.46. The second kappa shape index (κ2) is 6.78. The SMILES string of the molecule is Cc1ccc(S(=O)(=O)N2CCC3(CCC(N4CC5(COC5)C4)C3)CC2)cc1C#N. The maximum atomic E-state index is 13.1. The number of benzene rings is 1. The summed E-state index contributed by atoms with van der Waals surface area (Å²) in [6.45, 7) is 7.23. The van der Waals surface area contributed by atoms with Crippen molar-refractivity contribution < 1.29 is 13.2 Å². The van der Waals surface area contributed by atoms with E-state index in [0.29, 0.717) is 35.5 Å². The molecular weight excluding hydrogens is 386 g/mol. The lowest BCUT2D eigenvalue weighted by Gasteiger charge is -2.57. The van der Waals surface area contributed by atoms with Crippen molar-refractivity contribution in [3.63, 3.8) is 0 Å². The van der Waals surface area contributed by atoms with Gasteiger partial charge in [0.25, 0.3) is 0 Å². The molecule has 5 rings (SSSR count). The van der Waals surface area contributed by atoms with Crippen molar-refractivity contribution in [3.05, 3.63) is 29.3 Å². The van der Waals surface area contributed by atoms with Crippen LogP contribution in [0.4, 0.5) is 0 Å². The maximum Gasteiger partial charge on any atom is 0.243 e. The predicted octanol–water partition coefficient (Wildman–Crippen LogP) is 2.52. The molecule has 1 unspecified atom stereocenters. The Kier molecular flexibility index (Phi) is 4.56. The van der Waals surface area contributed by atoms with Crippen LogP contribution in [-0.4, -0.2) is 63.1 Å². The normalized spacial score (nSPS) is 28.8. The van der Waals surface area contributed by atoms with Gasteiger partial charge in [-0.25, -0.2) is 8.42 Å². The van der Waals surface area contributed by atoms with E-state index in [1.54, 1.807) is 16.4 Å². The minimum Gasteiger partial charge on any atom is -0.380 e. The van der Waals surface area contributed by atoms with Gasteiger partial charge in [0, 0.05) is 37.6 Å². The molecule has 29 heavy (non-hydrogen) atoms. The summed E-state index contributed by atoms with van der Waals surface area (Å²) in [5.41, 5.74) is 2.01. The predicted molar refractivity (Wildman–Crippen MR) is 109 cm³/mol. The summed E-state index contributed by atoms with van der Waals surface area (Å²) in [4.78, 5) is 2.88. The number of rotatable bonds is 3. The summed E-state index contributed by atoms with van der Waals surface area (Å²) in [5.74, 6) is 0. The lowest BCUT2D eigenvalue weighted by atomic mass is 9.75. The molecule has 3 heterocycles. The van der Waals surface area contributed by atoms with Crippen LogP contribution >= 0.6 is 0 Å². The number of likely N-dealkylation sites (tertiary alicyclic amines) is 1. The standard InChI is InChI=1S/C22H29N3O3S/c1-17-2-3-20(10-18(17)12-23)29(26,27)25-8-6-21(7-9-25)5-4-19(11-21)24-13-22(14-24)15-28-16-22/h2-3,10,19H,4-9,11,13-16H2,1H3. The van der Waals surface area contributed by atoms with Gasteiger partial charge in [-0.05, 0) is 62.1 Å². The van der Waals surface area contributed by atoms with Gasteiger partial charge in [0.05, 0.1) is 29.7 Å². The quantitative estimate of drug-likeness (QED) is 0.758. The molecule has 1 atom stereocenters. The van der Waals surface area contributed by atoms with Gasteiger partial charge in [0.2, 0.25) is 10.0 Å². The number of sulfonamides is 1. The Morgan fingerprint density at radius 2 is 1.86 bits per heavy atom. The van der Waals surface area contributed by atoms with Crippen molar-refractivity contribution >= 4 is 10.0 Å². The van der Waals surface area contributed by atoms with E-state index in [-0.39, 0.29) is 4.90 Å². The van der Waals surface area contributed by atoms with Crippen molar-refractivity contribution in [2.24, 2.45) is 10.8 Å². The Morgan fingerprint density at radius 1 is 1.14 bits per heavy atom. The molecule has 2 spiro atoms. The average Bonchev–Trinajstić information content (AvgIpc) is 3.03. The summed E-state index contributed by atoms with van der Waals surface area (Å²) >= 11 is 0. The highest BCUT2D eigenvalue weighted by Crippen LogP contribution is 2.51. The zero-order valence-electron chi connectivity index (χ0n) is 17.1. The molecule has 0 bridgehead atoms.